The number of carbonyl (C=O) groups excluding carboxylic acids is 1. The highest BCUT2D eigenvalue weighted by atomic mass is 35.5. The summed E-state index contributed by atoms with van der Waals surface area (Å²) in [7, 11) is 0. The van der Waals surface area contributed by atoms with E-state index in [2.05, 4.69) is 5.32 Å². The van der Waals surface area contributed by atoms with Crippen molar-refractivity contribution in [3.05, 3.63) is 63.4 Å². The highest BCUT2D eigenvalue weighted by Gasteiger charge is 2.15. The SMILES string of the molecule is O=C(CCc1ccc(Cl)cc1Cl)Nc1ccc(F)c(F)c1F. The van der Waals surface area contributed by atoms with Crippen LogP contribution in [0.3, 0.4) is 0 Å². The van der Waals surface area contributed by atoms with Gasteiger partial charge in [0.2, 0.25) is 5.91 Å². The van der Waals surface area contributed by atoms with Gasteiger partial charge in [-0.3, -0.25) is 4.79 Å². The molecule has 2 nitrogen and oxygen atoms in total. The van der Waals surface area contributed by atoms with Gasteiger partial charge in [0.05, 0.1) is 5.69 Å². The van der Waals surface area contributed by atoms with Crippen LogP contribution in [-0.4, -0.2) is 5.91 Å². The molecule has 0 atom stereocenters. The van der Waals surface area contributed by atoms with Gasteiger partial charge in [-0.15, -0.1) is 0 Å². The second-order valence-electron chi connectivity index (χ2n) is 4.51. The minimum absolute atomic E-state index is 0.000210. The first-order valence-electron chi connectivity index (χ1n) is 6.25. The maximum atomic E-state index is 13.4. The molecule has 0 fully saturated rings. The lowest BCUT2D eigenvalue weighted by Crippen LogP contribution is -2.14. The van der Waals surface area contributed by atoms with Gasteiger partial charge in [-0.05, 0) is 36.2 Å². The fourth-order valence-corrected chi connectivity index (χ4v) is 2.31. The van der Waals surface area contributed by atoms with E-state index in [1.807, 2.05) is 0 Å². The number of benzene rings is 2. The largest absolute Gasteiger partial charge is 0.323 e. The Bertz CT molecular complexity index is 722. The van der Waals surface area contributed by atoms with E-state index in [1.54, 1.807) is 18.2 Å². The molecule has 0 aromatic heterocycles. The quantitative estimate of drug-likeness (QED) is 0.776. The number of anilines is 1. The van der Waals surface area contributed by atoms with Crippen molar-refractivity contribution in [2.75, 3.05) is 5.32 Å². The number of rotatable bonds is 4. The molecule has 0 spiro atoms. The highest BCUT2D eigenvalue weighted by Crippen LogP contribution is 2.23. The topological polar surface area (TPSA) is 29.1 Å². The van der Waals surface area contributed by atoms with Crippen molar-refractivity contribution >= 4 is 34.8 Å². The van der Waals surface area contributed by atoms with Gasteiger partial charge in [0.1, 0.15) is 0 Å². The van der Waals surface area contributed by atoms with Gasteiger partial charge in [0.15, 0.2) is 17.5 Å². The van der Waals surface area contributed by atoms with E-state index >= 15 is 0 Å². The second kappa shape index (κ2) is 7.03. The summed E-state index contributed by atoms with van der Waals surface area (Å²) in [5.74, 6) is -4.92. The molecule has 0 heterocycles. The third-order valence-electron chi connectivity index (χ3n) is 2.95. The monoisotopic (exact) mass is 347 g/mol. The van der Waals surface area contributed by atoms with E-state index < -0.39 is 29.0 Å². The van der Waals surface area contributed by atoms with Gasteiger partial charge in [-0.25, -0.2) is 13.2 Å². The summed E-state index contributed by atoms with van der Waals surface area (Å²) in [6.45, 7) is 0. The summed E-state index contributed by atoms with van der Waals surface area (Å²) in [4.78, 5) is 11.7. The van der Waals surface area contributed by atoms with E-state index in [0.717, 1.165) is 12.1 Å². The van der Waals surface area contributed by atoms with Crippen molar-refractivity contribution in [3.8, 4) is 0 Å². The zero-order chi connectivity index (χ0) is 16.3. The molecule has 0 saturated carbocycles. The minimum Gasteiger partial charge on any atom is -0.323 e. The number of nitrogens with one attached hydrogen (secondary N) is 1. The van der Waals surface area contributed by atoms with Crippen LogP contribution in [0.15, 0.2) is 30.3 Å². The molecule has 0 aliphatic heterocycles. The van der Waals surface area contributed by atoms with Crippen LogP contribution in [0.1, 0.15) is 12.0 Å². The average molecular weight is 348 g/mol. The number of carbonyl (C=O) groups is 1. The molecule has 0 aliphatic carbocycles. The Morgan fingerprint density at radius 2 is 1.77 bits per heavy atom. The van der Waals surface area contributed by atoms with Crippen LogP contribution >= 0.6 is 23.2 Å². The standard InChI is InChI=1S/C15H10Cl2F3NO/c16-9-3-1-8(10(17)7-9)2-6-13(22)21-12-5-4-11(18)14(19)15(12)20/h1,3-5,7H,2,6H2,(H,21,22). The molecule has 0 saturated heterocycles. The number of hydrogen-bond donors (Lipinski definition) is 1. The molecule has 2 rings (SSSR count). The number of amides is 1. The molecule has 7 heteroatoms. The Morgan fingerprint density at radius 1 is 1.05 bits per heavy atom. The lowest BCUT2D eigenvalue weighted by molar-refractivity contribution is -0.116. The molecule has 0 bridgehead atoms. The predicted molar refractivity (Wildman–Crippen MR) is 79.7 cm³/mol. The van der Waals surface area contributed by atoms with E-state index in [4.69, 9.17) is 23.2 Å². The summed E-state index contributed by atoms with van der Waals surface area (Å²) >= 11 is 11.7. The van der Waals surface area contributed by atoms with Crippen LogP contribution in [0.4, 0.5) is 18.9 Å². The maximum absolute atomic E-state index is 13.4. The van der Waals surface area contributed by atoms with Crippen molar-refractivity contribution in [1.82, 2.24) is 0 Å². The van der Waals surface area contributed by atoms with Crippen LogP contribution < -0.4 is 5.32 Å². The first-order chi connectivity index (χ1) is 10.4. The average Bonchev–Trinajstić information content (AvgIpc) is 2.47. The molecular formula is C15H10Cl2F3NO. The van der Waals surface area contributed by atoms with Gasteiger partial charge < -0.3 is 5.32 Å². The third-order valence-corrected chi connectivity index (χ3v) is 3.53. The fraction of sp³-hybridized carbons (Fsp3) is 0.133. The second-order valence-corrected chi connectivity index (χ2v) is 5.35. The lowest BCUT2D eigenvalue weighted by atomic mass is 10.1. The third kappa shape index (κ3) is 3.93. The molecule has 2 aromatic rings. The summed E-state index contributed by atoms with van der Waals surface area (Å²) < 4.78 is 39.3. The van der Waals surface area contributed by atoms with Gasteiger partial charge in [0.25, 0.3) is 0 Å². The van der Waals surface area contributed by atoms with Gasteiger partial charge in [0, 0.05) is 16.5 Å². The smallest absolute Gasteiger partial charge is 0.224 e. The van der Waals surface area contributed by atoms with E-state index in [-0.39, 0.29) is 6.42 Å². The number of hydrogen-bond acceptors (Lipinski definition) is 1. The molecule has 0 radical (unpaired) electrons. The molecule has 2 aromatic carbocycles. The Morgan fingerprint density at radius 3 is 2.45 bits per heavy atom. The van der Waals surface area contributed by atoms with E-state index in [9.17, 15) is 18.0 Å². The van der Waals surface area contributed by atoms with Gasteiger partial charge in [-0.2, -0.15) is 0 Å². The Kier molecular flexibility index (Phi) is 5.32. The van der Waals surface area contributed by atoms with E-state index in [0.29, 0.717) is 22.0 Å². The zero-order valence-corrected chi connectivity index (χ0v) is 12.6. The molecule has 22 heavy (non-hydrogen) atoms. The first-order valence-corrected chi connectivity index (χ1v) is 7.01. The van der Waals surface area contributed by atoms with Crippen molar-refractivity contribution < 1.29 is 18.0 Å². The van der Waals surface area contributed by atoms with Gasteiger partial charge >= 0.3 is 0 Å². The van der Waals surface area contributed by atoms with Crippen LogP contribution in [0.25, 0.3) is 0 Å². The van der Waals surface area contributed by atoms with Crippen molar-refractivity contribution in [3.63, 3.8) is 0 Å². The van der Waals surface area contributed by atoms with Crippen molar-refractivity contribution in [1.29, 1.82) is 0 Å². The summed E-state index contributed by atoms with van der Waals surface area (Å²) in [5.41, 5.74) is 0.290. The summed E-state index contributed by atoms with van der Waals surface area (Å²) in [6.07, 6.45) is 0.299. The number of aryl methyl sites for hydroxylation is 1. The lowest BCUT2D eigenvalue weighted by Gasteiger charge is -2.08. The normalized spacial score (nSPS) is 10.6. The Labute approximate surface area is 134 Å². The first kappa shape index (κ1) is 16.6. The van der Waals surface area contributed by atoms with E-state index in [1.165, 1.54) is 0 Å². The van der Waals surface area contributed by atoms with Gasteiger partial charge in [-0.1, -0.05) is 29.3 Å². The van der Waals surface area contributed by atoms with Crippen molar-refractivity contribution in [2.24, 2.45) is 0 Å². The van der Waals surface area contributed by atoms with Crippen LogP contribution in [-0.2, 0) is 11.2 Å². The predicted octanol–water partition coefficient (Wildman–Crippen LogP) is 4.98. The fourth-order valence-electron chi connectivity index (χ4n) is 1.81. The van der Waals surface area contributed by atoms with Crippen LogP contribution in [0, 0.1) is 17.5 Å². The Hall–Kier alpha value is -1.72. The van der Waals surface area contributed by atoms with Crippen LogP contribution in [0.2, 0.25) is 10.0 Å². The maximum Gasteiger partial charge on any atom is 0.224 e. The summed E-state index contributed by atoms with van der Waals surface area (Å²) in [6, 6.07) is 6.56. The molecule has 1 amide bonds. The van der Waals surface area contributed by atoms with Crippen LogP contribution in [0.5, 0.6) is 0 Å². The minimum atomic E-state index is -1.63. The zero-order valence-electron chi connectivity index (χ0n) is 11.1. The summed E-state index contributed by atoms with van der Waals surface area (Å²) in [5, 5.41) is 3.08. The molecular weight excluding hydrogens is 338 g/mol. The molecule has 0 aliphatic rings. The molecule has 116 valence electrons. The highest BCUT2D eigenvalue weighted by molar-refractivity contribution is 6.35. The number of halogens is 5. The molecule has 0 unspecified atom stereocenters. The molecule has 1 N–H and O–H groups in total. The van der Waals surface area contributed by atoms with Crippen molar-refractivity contribution in [2.45, 2.75) is 12.8 Å². The Balaban J connectivity index is 2.00.